The molecule has 2 aromatic rings. The van der Waals surface area contributed by atoms with Crippen molar-refractivity contribution in [2.75, 3.05) is 18.5 Å². The van der Waals surface area contributed by atoms with Gasteiger partial charge in [-0.2, -0.15) is 5.10 Å². The van der Waals surface area contributed by atoms with Crippen LogP contribution in [0, 0.1) is 13.8 Å². The molecular formula is C18H24N4O2S. The van der Waals surface area contributed by atoms with E-state index >= 15 is 0 Å². The van der Waals surface area contributed by atoms with Crippen LogP contribution in [0.5, 0.6) is 0 Å². The molecule has 0 saturated heterocycles. The lowest BCUT2D eigenvalue weighted by Gasteiger charge is -2.11. The predicted molar refractivity (Wildman–Crippen MR) is 103 cm³/mol. The molecule has 0 aliphatic heterocycles. The molecule has 0 fully saturated rings. The van der Waals surface area contributed by atoms with Crippen molar-refractivity contribution in [2.45, 2.75) is 33.7 Å². The summed E-state index contributed by atoms with van der Waals surface area (Å²) in [4.78, 5) is 11.6. The molecule has 0 aliphatic carbocycles. The number of esters is 1. The second-order valence-electron chi connectivity index (χ2n) is 5.68. The molecule has 7 heteroatoms. The number of thiocarbonyl (C=S) groups is 1. The smallest absolute Gasteiger partial charge is 0.338 e. The number of nitrogens with one attached hydrogen (secondary N) is 2. The van der Waals surface area contributed by atoms with Crippen molar-refractivity contribution in [2.24, 2.45) is 0 Å². The van der Waals surface area contributed by atoms with Gasteiger partial charge in [0.15, 0.2) is 5.11 Å². The summed E-state index contributed by atoms with van der Waals surface area (Å²) in [5, 5.41) is 11.3. The van der Waals surface area contributed by atoms with E-state index in [9.17, 15) is 4.79 Å². The molecule has 0 bridgehead atoms. The van der Waals surface area contributed by atoms with Gasteiger partial charge in [-0.25, -0.2) is 4.79 Å². The van der Waals surface area contributed by atoms with Crippen LogP contribution in [0.1, 0.15) is 35.1 Å². The number of aromatic nitrogens is 2. The first kappa shape index (κ1) is 18.9. The third-order valence-electron chi connectivity index (χ3n) is 3.59. The highest BCUT2D eigenvalue weighted by molar-refractivity contribution is 7.80. The summed E-state index contributed by atoms with van der Waals surface area (Å²) in [6.45, 7) is 7.80. The molecule has 0 spiro atoms. The van der Waals surface area contributed by atoms with Gasteiger partial charge >= 0.3 is 5.97 Å². The van der Waals surface area contributed by atoms with Crippen molar-refractivity contribution in [1.29, 1.82) is 0 Å². The Labute approximate surface area is 153 Å². The maximum Gasteiger partial charge on any atom is 0.338 e. The van der Waals surface area contributed by atoms with E-state index < -0.39 is 0 Å². The Hall–Kier alpha value is -2.41. The van der Waals surface area contributed by atoms with Gasteiger partial charge < -0.3 is 15.4 Å². The van der Waals surface area contributed by atoms with Crippen LogP contribution in [0.25, 0.3) is 0 Å². The zero-order valence-electron chi connectivity index (χ0n) is 14.8. The third kappa shape index (κ3) is 5.86. The number of rotatable bonds is 7. The summed E-state index contributed by atoms with van der Waals surface area (Å²) >= 11 is 5.29. The van der Waals surface area contributed by atoms with E-state index in [0.29, 0.717) is 17.3 Å². The quantitative estimate of drug-likeness (QED) is 0.449. The lowest BCUT2D eigenvalue weighted by atomic mass is 10.2. The number of benzene rings is 1. The van der Waals surface area contributed by atoms with E-state index in [2.05, 4.69) is 28.7 Å². The highest BCUT2D eigenvalue weighted by atomic mass is 32.1. The number of carbonyl (C=O) groups excluding carboxylic acids is 1. The first-order valence-corrected chi connectivity index (χ1v) is 8.73. The number of hydrogen-bond donors (Lipinski definition) is 2. The van der Waals surface area contributed by atoms with Crippen LogP contribution < -0.4 is 10.6 Å². The van der Waals surface area contributed by atoms with Gasteiger partial charge in [-0.15, -0.1) is 0 Å². The summed E-state index contributed by atoms with van der Waals surface area (Å²) in [6, 6.07) is 9.10. The second-order valence-corrected chi connectivity index (χ2v) is 6.09. The van der Waals surface area contributed by atoms with Crippen molar-refractivity contribution in [3.8, 4) is 0 Å². The molecule has 134 valence electrons. The minimum Gasteiger partial charge on any atom is -0.462 e. The third-order valence-corrected chi connectivity index (χ3v) is 3.84. The maximum atomic E-state index is 11.6. The van der Waals surface area contributed by atoms with Crippen LogP contribution in [0.4, 0.5) is 5.69 Å². The molecule has 0 atom stereocenters. The van der Waals surface area contributed by atoms with Crippen molar-refractivity contribution in [1.82, 2.24) is 15.1 Å². The molecule has 0 unspecified atom stereocenters. The van der Waals surface area contributed by atoms with E-state index in [0.717, 1.165) is 30.9 Å². The molecular weight excluding hydrogens is 336 g/mol. The molecule has 1 aromatic heterocycles. The molecule has 0 saturated carbocycles. The first-order valence-electron chi connectivity index (χ1n) is 8.32. The van der Waals surface area contributed by atoms with Crippen molar-refractivity contribution >= 4 is 29.0 Å². The predicted octanol–water partition coefficient (Wildman–Crippen LogP) is 3.05. The molecule has 2 N–H and O–H groups in total. The van der Waals surface area contributed by atoms with Gasteiger partial charge in [-0.1, -0.05) is 0 Å². The fourth-order valence-electron chi connectivity index (χ4n) is 2.41. The Kier molecular flexibility index (Phi) is 6.94. The fourth-order valence-corrected chi connectivity index (χ4v) is 2.63. The van der Waals surface area contributed by atoms with Crippen LogP contribution in [0.3, 0.4) is 0 Å². The van der Waals surface area contributed by atoms with Gasteiger partial charge in [-0.05, 0) is 69.7 Å². The largest absolute Gasteiger partial charge is 0.462 e. The van der Waals surface area contributed by atoms with Crippen molar-refractivity contribution < 1.29 is 9.53 Å². The van der Waals surface area contributed by atoms with Crippen LogP contribution in [0.2, 0.25) is 0 Å². The average molecular weight is 360 g/mol. The number of hydrogen-bond acceptors (Lipinski definition) is 4. The van der Waals surface area contributed by atoms with Crippen molar-refractivity contribution in [3.63, 3.8) is 0 Å². The summed E-state index contributed by atoms with van der Waals surface area (Å²) in [7, 11) is 0. The lowest BCUT2D eigenvalue weighted by Crippen LogP contribution is -2.29. The number of ether oxygens (including phenoxy) is 1. The fraction of sp³-hybridized carbons (Fsp3) is 0.389. The second kappa shape index (κ2) is 9.17. The minimum atomic E-state index is -0.320. The zero-order chi connectivity index (χ0) is 18.2. The molecule has 1 aromatic carbocycles. The van der Waals surface area contributed by atoms with Crippen LogP contribution in [-0.4, -0.2) is 34.0 Å². The number of anilines is 1. The topological polar surface area (TPSA) is 68.2 Å². The molecule has 6 nitrogen and oxygen atoms in total. The number of aryl methyl sites for hydroxylation is 3. The zero-order valence-corrected chi connectivity index (χ0v) is 15.7. The van der Waals surface area contributed by atoms with E-state index in [-0.39, 0.29) is 5.97 Å². The summed E-state index contributed by atoms with van der Waals surface area (Å²) in [5.74, 6) is -0.320. The number of nitrogens with zero attached hydrogens (tertiary/aromatic N) is 2. The van der Waals surface area contributed by atoms with E-state index in [4.69, 9.17) is 17.0 Å². The Morgan fingerprint density at radius 2 is 2.00 bits per heavy atom. The standard InChI is InChI=1S/C18H24N4O2S/c1-4-24-17(23)15-6-8-16(9-7-15)20-18(25)19-10-5-11-22-14(3)12-13(2)21-22/h6-9,12H,4-5,10-11H2,1-3H3,(H2,19,20,25). The van der Waals surface area contributed by atoms with Crippen LogP contribution in [0.15, 0.2) is 30.3 Å². The van der Waals surface area contributed by atoms with Crippen LogP contribution >= 0.6 is 12.2 Å². The summed E-state index contributed by atoms with van der Waals surface area (Å²) < 4.78 is 6.96. The Morgan fingerprint density at radius 1 is 1.28 bits per heavy atom. The highest BCUT2D eigenvalue weighted by Gasteiger charge is 2.06. The number of carbonyl (C=O) groups is 1. The molecule has 0 radical (unpaired) electrons. The van der Waals surface area contributed by atoms with Gasteiger partial charge in [0.25, 0.3) is 0 Å². The molecule has 1 heterocycles. The van der Waals surface area contributed by atoms with E-state index in [1.807, 2.05) is 11.6 Å². The van der Waals surface area contributed by atoms with Gasteiger partial charge in [0, 0.05) is 24.5 Å². The monoisotopic (exact) mass is 360 g/mol. The van der Waals surface area contributed by atoms with Crippen LogP contribution in [-0.2, 0) is 11.3 Å². The van der Waals surface area contributed by atoms with Gasteiger partial charge in [0.2, 0.25) is 0 Å². The maximum absolute atomic E-state index is 11.6. The first-order chi connectivity index (χ1) is 12.0. The SMILES string of the molecule is CCOC(=O)c1ccc(NC(=S)NCCCn2nc(C)cc2C)cc1. The molecule has 2 rings (SSSR count). The van der Waals surface area contributed by atoms with Crippen molar-refractivity contribution in [3.05, 3.63) is 47.3 Å². The van der Waals surface area contributed by atoms with Gasteiger partial charge in [0.1, 0.15) is 0 Å². The molecule has 0 aliphatic rings. The minimum absolute atomic E-state index is 0.320. The summed E-state index contributed by atoms with van der Waals surface area (Å²) in [6.07, 6.45) is 0.922. The normalized spacial score (nSPS) is 10.4. The molecule has 25 heavy (non-hydrogen) atoms. The summed E-state index contributed by atoms with van der Waals surface area (Å²) in [5.41, 5.74) is 3.55. The highest BCUT2D eigenvalue weighted by Crippen LogP contribution is 2.10. The lowest BCUT2D eigenvalue weighted by molar-refractivity contribution is 0.0526. The molecule has 0 amide bonds. The average Bonchev–Trinajstić information content (AvgIpc) is 2.90. The van der Waals surface area contributed by atoms with E-state index in [1.54, 1.807) is 31.2 Å². The Bertz CT molecular complexity index is 725. The van der Waals surface area contributed by atoms with Gasteiger partial charge in [0.05, 0.1) is 17.9 Å². The van der Waals surface area contributed by atoms with Gasteiger partial charge in [-0.3, -0.25) is 4.68 Å². The van der Waals surface area contributed by atoms with E-state index in [1.165, 1.54) is 5.69 Å². The Morgan fingerprint density at radius 3 is 2.60 bits per heavy atom. The Balaban J connectivity index is 1.73.